The van der Waals surface area contributed by atoms with E-state index in [0.29, 0.717) is 29.9 Å². The average molecular weight is 456 g/mol. The number of carbonyl (C=O) groups is 2. The first-order chi connectivity index (χ1) is 15.4. The van der Waals surface area contributed by atoms with Crippen LogP contribution in [-0.2, 0) is 22.6 Å². The first kappa shape index (κ1) is 23.6. The predicted octanol–water partition coefficient (Wildman–Crippen LogP) is 3.97. The van der Waals surface area contributed by atoms with E-state index in [0.717, 1.165) is 23.4 Å². The summed E-state index contributed by atoms with van der Waals surface area (Å²) in [5.41, 5.74) is 7.25. The smallest absolute Gasteiger partial charge is 0.237 e. The van der Waals surface area contributed by atoms with Crippen molar-refractivity contribution in [2.24, 2.45) is 5.73 Å². The molecular weight excluding hydrogens is 426 g/mol. The van der Waals surface area contributed by atoms with Gasteiger partial charge in [0.25, 0.3) is 0 Å². The summed E-state index contributed by atoms with van der Waals surface area (Å²) in [6.07, 6.45) is 3.12. The van der Waals surface area contributed by atoms with Crippen molar-refractivity contribution in [1.29, 1.82) is 0 Å². The lowest BCUT2D eigenvalue weighted by Crippen LogP contribution is -2.24. The van der Waals surface area contributed by atoms with E-state index < -0.39 is 11.2 Å². The number of rotatable bonds is 11. The Balaban J connectivity index is 1.76. The van der Waals surface area contributed by atoms with E-state index in [1.807, 2.05) is 41.8 Å². The van der Waals surface area contributed by atoms with Gasteiger partial charge in [0.15, 0.2) is 5.16 Å². The highest BCUT2D eigenvalue weighted by Gasteiger charge is 2.22. The van der Waals surface area contributed by atoms with Gasteiger partial charge in [0.1, 0.15) is 11.6 Å². The quantitative estimate of drug-likeness (QED) is 0.423. The van der Waals surface area contributed by atoms with Crippen LogP contribution in [0.5, 0.6) is 0 Å². The number of hydrogen-bond donors (Lipinski definition) is 2. The summed E-state index contributed by atoms with van der Waals surface area (Å²) < 4.78 is 7.33. The molecule has 2 unspecified atom stereocenters. The van der Waals surface area contributed by atoms with Gasteiger partial charge in [-0.2, -0.15) is 0 Å². The Kier molecular flexibility index (Phi) is 8.10. The topological polar surface area (TPSA) is 116 Å². The molecule has 0 aliphatic carbocycles. The Hall–Kier alpha value is -3.07. The molecule has 2 atom stereocenters. The fourth-order valence-electron chi connectivity index (χ4n) is 3.25. The summed E-state index contributed by atoms with van der Waals surface area (Å²) in [7, 11) is 0. The largest absolute Gasteiger partial charge is 0.467 e. The number of para-hydroxylation sites is 1. The maximum absolute atomic E-state index is 13.0. The number of amides is 2. The molecule has 0 bridgehead atoms. The molecule has 1 aromatic carbocycles. The van der Waals surface area contributed by atoms with Crippen LogP contribution in [0.15, 0.2) is 52.2 Å². The second-order valence-corrected chi connectivity index (χ2v) is 8.98. The van der Waals surface area contributed by atoms with Crippen molar-refractivity contribution in [2.45, 2.75) is 62.9 Å². The maximum atomic E-state index is 13.0. The standard InChI is InChI=1S/C23H29N5O3S/c1-4-15(2)18-9-5-6-10-19(18)25-22(30)16(3)32-23-27-26-21(12-11-20(24)29)28(23)14-17-8-7-13-31-17/h5-10,13,15-16H,4,11-12,14H2,1-3H3,(H2,24,29)(H,25,30). The highest BCUT2D eigenvalue weighted by molar-refractivity contribution is 8.00. The SMILES string of the molecule is CCC(C)c1ccccc1NC(=O)C(C)Sc1nnc(CCC(N)=O)n1Cc1ccco1. The van der Waals surface area contributed by atoms with Crippen LogP contribution in [0.25, 0.3) is 0 Å². The third-order valence-corrected chi connectivity index (χ3v) is 6.38. The fraction of sp³-hybridized carbons (Fsp3) is 0.391. The molecular formula is C23H29N5O3S. The van der Waals surface area contributed by atoms with Crippen LogP contribution in [0.2, 0.25) is 0 Å². The summed E-state index contributed by atoms with van der Waals surface area (Å²) in [6, 6.07) is 11.5. The van der Waals surface area contributed by atoms with Crippen molar-refractivity contribution in [3.05, 3.63) is 59.8 Å². The highest BCUT2D eigenvalue weighted by atomic mass is 32.2. The Morgan fingerprint density at radius 3 is 2.66 bits per heavy atom. The number of nitrogens with zero attached hydrogens (tertiary/aromatic N) is 3. The predicted molar refractivity (Wildman–Crippen MR) is 124 cm³/mol. The van der Waals surface area contributed by atoms with E-state index in [1.54, 1.807) is 12.3 Å². The van der Waals surface area contributed by atoms with Gasteiger partial charge in [-0.1, -0.05) is 43.8 Å². The van der Waals surface area contributed by atoms with Crippen molar-refractivity contribution in [3.8, 4) is 0 Å². The molecule has 32 heavy (non-hydrogen) atoms. The Morgan fingerprint density at radius 1 is 1.19 bits per heavy atom. The van der Waals surface area contributed by atoms with Crippen molar-refractivity contribution < 1.29 is 14.0 Å². The van der Waals surface area contributed by atoms with Gasteiger partial charge in [0.2, 0.25) is 11.8 Å². The molecule has 3 N–H and O–H groups in total. The molecule has 8 nitrogen and oxygen atoms in total. The minimum atomic E-state index is -0.413. The number of anilines is 1. The Morgan fingerprint density at radius 2 is 1.97 bits per heavy atom. The zero-order valence-electron chi connectivity index (χ0n) is 18.6. The second kappa shape index (κ2) is 11.0. The molecule has 2 heterocycles. The van der Waals surface area contributed by atoms with E-state index in [-0.39, 0.29) is 12.3 Å². The highest BCUT2D eigenvalue weighted by Crippen LogP contribution is 2.29. The molecule has 0 radical (unpaired) electrons. The lowest BCUT2D eigenvalue weighted by molar-refractivity contribution is -0.118. The van der Waals surface area contributed by atoms with Crippen molar-refractivity contribution in [3.63, 3.8) is 0 Å². The van der Waals surface area contributed by atoms with Crippen molar-refractivity contribution >= 4 is 29.3 Å². The van der Waals surface area contributed by atoms with E-state index in [2.05, 4.69) is 29.4 Å². The summed E-state index contributed by atoms with van der Waals surface area (Å²) in [4.78, 5) is 24.2. The number of benzene rings is 1. The van der Waals surface area contributed by atoms with Gasteiger partial charge < -0.3 is 15.5 Å². The van der Waals surface area contributed by atoms with Crippen LogP contribution in [0.4, 0.5) is 5.69 Å². The van der Waals surface area contributed by atoms with Gasteiger partial charge in [0, 0.05) is 18.5 Å². The zero-order valence-corrected chi connectivity index (χ0v) is 19.4. The maximum Gasteiger partial charge on any atom is 0.237 e. The van der Waals surface area contributed by atoms with Gasteiger partial charge in [-0.05, 0) is 43.0 Å². The average Bonchev–Trinajstić information content (AvgIpc) is 3.43. The fourth-order valence-corrected chi connectivity index (χ4v) is 4.12. The molecule has 0 spiro atoms. The molecule has 0 aliphatic rings. The first-order valence-electron chi connectivity index (χ1n) is 10.7. The van der Waals surface area contributed by atoms with Gasteiger partial charge >= 0.3 is 0 Å². The normalized spacial score (nSPS) is 13.0. The molecule has 170 valence electrons. The van der Waals surface area contributed by atoms with Crippen LogP contribution in [0.3, 0.4) is 0 Å². The number of nitrogens with two attached hydrogens (primary N) is 1. The second-order valence-electron chi connectivity index (χ2n) is 7.68. The minimum absolute atomic E-state index is 0.114. The Bertz CT molecular complexity index is 1050. The zero-order chi connectivity index (χ0) is 23.1. The lowest BCUT2D eigenvalue weighted by Gasteiger charge is -2.18. The molecule has 2 amide bonds. The van der Waals surface area contributed by atoms with Crippen LogP contribution >= 0.6 is 11.8 Å². The molecule has 2 aromatic heterocycles. The molecule has 0 fully saturated rings. The number of furan rings is 1. The molecule has 0 saturated carbocycles. The molecule has 3 rings (SSSR count). The molecule has 0 aliphatic heterocycles. The number of primary amides is 1. The summed E-state index contributed by atoms with van der Waals surface area (Å²) in [5, 5.41) is 11.7. The third-order valence-electron chi connectivity index (χ3n) is 5.30. The van der Waals surface area contributed by atoms with E-state index in [4.69, 9.17) is 10.2 Å². The molecule has 9 heteroatoms. The van der Waals surface area contributed by atoms with Gasteiger partial charge in [-0.3, -0.25) is 14.2 Å². The monoisotopic (exact) mass is 455 g/mol. The number of hydrogen-bond acceptors (Lipinski definition) is 6. The van der Waals surface area contributed by atoms with Crippen LogP contribution in [-0.4, -0.2) is 31.8 Å². The van der Waals surface area contributed by atoms with Crippen LogP contribution < -0.4 is 11.1 Å². The number of thioether (sulfide) groups is 1. The summed E-state index contributed by atoms with van der Waals surface area (Å²) in [5.74, 6) is 1.18. The van der Waals surface area contributed by atoms with E-state index in [9.17, 15) is 9.59 Å². The molecule has 3 aromatic rings. The number of carbonyl (C=O) groups excluding carboxylic acids is 2. The van der Waals surface area contributed by atoms with Gasteiger partial charge in [-0.15, -0.1) is 10.2 Å². The van der Waals surface area contributed by atoms with Gasteiger partial charge in [-0.25, -0.2) is 0 Å². The first-order valence-corrected chi connectivity index (χ1v) is 11.6. The minimum Gasteiger partial charge on any atom is -0.467 e. The number of aromatic nitrogens is 3. The number of aryl methyl sites for hydroxylation is 1. The van der Waals surface area contributed by atoms with Crippen molar-refractivity contribution in [1.82, 2.24) is 14.8 Å². The van der Waals surface area contributed by atoms with Crippen LogP contribution in [0.1, 0.15) is 56.7 Å². The van der Waals surface area contributed by atoms with E-state index >= 15 is 0 Å². The molecule has 0 saturated heterocycles. The van der Waals surface area contributed by atoms with Crippen molar-refractivity contribution in [2.75, 3.05) is 5.32 Å². The Labute approximate surface area is 192 Å². The lowest BCUT2D eigenvalue weighted by atomic mass is 9.97. The summed E-state index contributed by atoms with van der Waals surface area (Å²) >= 11 is 1.31. The summed E-state index contributed by atoms with van der Waals surface area (Å²) in [6.45, 7) is 6.51. The van der Waals surface area contributed by atoms with Gasteiger partial charge in [0.05, 0.1) is 18.1 Å². The van der Waals surface area contributed by atoms with Crippen LogP contribution in [0, 0.1) is 0 Å². The van der Waals surface area contributed by atoms with E-state index in [1.165, 1.54) is 11.8 Å². The number of nitrogens with one attached hydrogen (secondary N) is 1. The third kappa shape index (κ3) is 6.00.